The van der Waals surface area contributed by atoms with E-state index in [4.69, 9.17) is 9.47 Å². The van der Waals surface area contributed by atoms with Crippen molar-refractivity contribution in [1.29, 1.82) is 0 Å². The van der Waals surface area contributed by atoms with Crippen LogP contribution in [0.15, 0.2) is 24.7 Å². The van der Waals surface area contributed by atoms with E-state index < -0.39 is 0 Å². The van der Waals surface area contributed by atoms with Crippen LogP contribution in [-0.4, -0.2) is 59.4 Å². The van der Waals surface area contributed by atoms with Gasteiger partial charge in [-0.05, 0) is 25.5 Å². The Balaban J connectivity index is 1.67. The predicted octanol–water partition coefficient (Wildman–Crippen LogP) is 1.47. The summed E-state index contributed by atoms with van der Waals surface area (Å²) in [5.41, 5.74) is 0.834. The lowest BCUT2D eigenvalue weighted by molar-refractivity contribution is 0.138. The summed E-state index contributed by atoms with van der Waals surface area (Å²) in [6.07, 6.45) is 5.48. The van der Waals surface area contributed by atoms with Gasteiger partial charge < -0.3 is 14.6 Å². The number of nitrogens with zero attached hydrogens (tertiary/aromatic N) is 3. The monoisotopic (exact) mass is 303 g/mol. The fraction of sp³-hybridized carbons (Fsp3) is 0.500. The van der Waals surface area contributed by atoms with Crippen LogP contribution in [0.25, 0.3) is 10.9 Å². The molecule has 0 unspecified atom stereocenters. The van der Waals surface area contributed by atoms with E-state index in [9.17, 15) is 5.11 Å². The molecule has 1 aromatic carbocycles. The van der Waals surface area contributed by atoms with Gasteiger partial charge in [0.05, 0.1) is 19.2 Å². The highest BCUT2D eigenvalue weighted by Crippen LogP contribution is 2.31. The number of ether oxygens (including phenoxy) is 2. The van der Waals surface area contributed by atoms with Crippen LogP contribution in [0.2, 0.25) is 0 Å². The van der Waals surface area contributed by atoms with Crippen LogP contribution in [0.4, 0.5) is 0 Å². The quantitative estimate of drug-likeness (QED) is 0.872. The second kappa shape index (κ2) is 6.89. The van der Waals surface area contributed by atoms with Gasteiger partial charge in [-0.25, -0.2) is 9.97 Å². The number of hydrogen-bond acceptors (Lipinski definition) is 6. The third-order valence-electron chi connectivity index (χ3n) is 4.14. The van der Waals surface area contributed by atoms with Gasteiger partial charge in [0.1, 0.15) is 12.9 Å². The van der Waals surface area contributed by atoms with E-state index in [1.165, 1.54) is 6.33 Å². The lowest BCUT2D eigenvalue weighted by Gasteiger charge is -2.22. The highest BCUT2D eigenvalue weighted by Gasteiger charge is 2.23. The van der Waals surface area contributed by atoms with Crippen molar-refractivity contribution in [3.63, 3.8) is 0 Å². The molecule has 3 rings (SSSR count). The molecule has 0 saturated carbocycles. The molecule has 1 fully saturated rings. The van der Waals surface area contributed by atoms with Crippen molar-refractivity contribution in [2.24, 2.45) is 0 Å². The van der Waals surface area contributed by atoms with E-state index >= 15 is 0 Å². The summed E-state index contributed by atoms with van der Waals surface area (Å²) >= 11 is 0. The van der Waals surface area contributed by atoms with E-state index in [0.717, 1.165) is 36.8 Å². The lowest BCUT2D eigenvalue weighted by atomic mass is 10.2. The number of aliphatic hydroxyl groups excluding tert-OH is 1. The van der Waals surface area contributed by atoms with Crippen LogP contribution in [0, 0.1) is 0 Å². The summed E-state index contributed by atoms with van der Waals surface area (Å²) in [4.78, 5) is 10.5. The molecule has 1 saturated heterocycles. The third kappa shape index (κ3) is 3.13. The number of aromatic nitrogens is 2. The zero-order chi connectivity index (χ0) is 15.4. The minimum atomic E-state index is 0.218. The molecule has 1 N–H and O–H groups in total. The molecule has 1 aliphatic heterocycles. The van der Waals surface area contributed by atoms with Crippen LogP contribution in [-0.2, 0) is 0 Å². The van der Waals surface area contributed by atoms with E-state index in [0.29, 0.717) is 18.1 Å². The minimum Gasteiger partial charge on any atom is -0.493 e. The zero-order valence-corrected chi connectivity index (χ0v) is 12.7. The summed E-state index contributed by atoms with van der Waals surface area (Å²) in [6, 6.07) is 4.04. The number of hydrogen-bond donors (Lipinski definition) is 1. The van der Waals surface area contributed by atoms with Crippen molar-refractivity contribution in [3.05, 3.63) is 24.7 Å². The molecule has 2 heterocycles. The number of fused-ring (bicyclic) bond motifs is 1. The maximum Gasteiger partial charge on any atom is 0.163 e. The van der Waals surface area contributed by atoms with Gasteiger partial charge in [-0.15, -0.1) is 0 Å². The fourth-order valence-corrected chi connectivity index (χ4v) is 2.93. The predicted molar refractivity (Wildman–Crippen MR) is 83.3 cm³/mol. The molecule has 0 spiro atoms. The van der Waals surface area contributed by atoms with Gasteiger partial charge in [-0.2, -0.15) is 0 Å². The molecule has 0 radical (unpaired) electrons. The average molecular weight is 303 g/mol. The molecule has 1 aliphatic rings. The largest absolute Gasteiger partial charge is 0.493 e. The van der Waals surface area contributed by atoms with Gasteiger partial charge in [0.15, 0.2) is 11.5 Å². The van der Waals surface area contributed by atoms with Gasteiger partial charge in [0.25, 0.3) is 0 Å². The molecule has 2 aromatic rings. The van der Waals surface area contributed by atoms with Gasteiger partial charge in [-0.1, -0.05) is 0 Å². The first-order chi connectivity index (χ1) is 10.8. The Morgan fingerprint density at radius 1 is 1.36 bits per heavy atom. The second-order valence-electron chi connectivity index (χ2n) is 5.45. The van der Waals surface area contributed by atoms with Gasteiger partial charge >= 0.3 is 0 Å². The van der Waals surface area contributed by atoms with Crippen molar-refractivity contribution in [2.45, 2.75) is 18.9 Å². The first-order valence-corrected chi connectivity index (χ1v) is 7.57. The number of rotatable bonds is 6. The van der Waals surface area contributed by atoms with Crippen molar-refractivity contribution in [3.8, 4) is 11.5 Å². The SMILES string of the molecule is COc1cc2cncnc2cc1OCCN1CCC[C@H]1CO. The van der Waals surface area contributed by atoms with E-state index in [1.807, 2.05) is 12.1 Å². The van der Waals surface area contributed by atoms with Crippen molar-refractivity contribution < 1.29 is 14.6 Å². The highest BCUT2D eigenvalue weighted by atomic mass is 16.5. The summed E-state index contributed by atoms with van der Waals surface area (Å²) in [6.45, 7) is 2.60. The van der Waals surface area contributed by atoms with E-state index in [1.54, 1.807) is 13.3 Å². The second-order valence-corrected chi connectivity index (χ2v) is 5.45. The molecular weight excluding hydrogens is 282 g/mol. The Morgan fingerprint density at radius 3 is 3.09 bits per heavy atom. The first kappa shape index (κ1) is 15.0. The Labute approximate surface area is 129 Å². The minimum absolute atomic E-state index is 0.218. The number of methoxy groups -OCH3 is 1. The Bertz CT molecular complexity index is 635. The molecule has 118 valence electrons. The number of likely N-dealkylation sites (tertiary alicyclic amines) is 1. The summed E-state index contributed by atoms with van der Waals surface area (Å²) in [5.74, 6) is 1.37. The van der Waals surface area contributed by atoms with Crippen molar-refractivity contribution in [1.82, 2.24) is 14.9 Å². The molecule has 1 atom stereocenters. The average Bonchev–Trinajstić information content (AvgIpc) is 3.01. The highest BCUT2D eigenvalue weighted by molar-refractivity contribution is 5.81. The Hall–Kier alpha value is -1.92. The van der Waals surface area contributed by atoms with E-state index in [-0.39, 0.29) is 12.6 Å². The Morgan fingerprint density at radius 2 is 2.27 bits per heavy atom. The van der Waals surface area contributed by atoms with Crippen LogP contribution < -0.4 is 9.47 Å². The third-order valence-corrected chi connectivity index (χ3v) is 4.14. The standard InChI is InChI=1S/C16H21N3O3/c1-21-15-7-12-9-17-11-18-14(12)8-16(15)22-6-5-19-4-2-3-13(19)10-20/h7-9,11,13,20H,2-6,10H2,1H3/t13-/m0/s1. The zero-order valence-electron chi connectivity index (χ0n) is 12.7. The molecule has 22 heavy (non-hydrogen) atoms. The topological polar surface area (TPSA) is 67.7 Å². The number of benzene rings is 1. The van der Waals surface area contributed by atoms with Crippen molar-refractivity contribution >= 4 is 10.9 Å². The Kier molecular flexibility index (Phi) is 4.70. The molecule has 1 aromatic heterocycles. The van der Waals surface area contributed by atoms with Gasteiger partial charge in [-0.3, -0.25) is 4.90 Å². The summed E-state index contributed by atoms with van der Waals surface area (Å²) < 4.78 is 11.3. The van der Waals surface area contributed by atoms with E-state index in [2.05, 4.69) is 14.9 Å². The molecule has 0 bridgehead atoms. The lowest BCUT2D eigenvalue weighted by Crippen LogP contribution is -2.35. The van der Waals surface area contributed by atoms with Crippen LogP contribution >= 0.6 is 0 Å². The first-order valence-electron chi connectivity index (χ1n) is 7.57. The summed E-state index contributed by atoms with van der Waals surface area (Å²) in [7, 11) is 1.63. The smallest absolute Gasteiger partial charge is 0.163 e. The van der Waals surface area contributed by atoms with Crippen molar-refractivity contribution in [2.75, 3.05) is 33.4 Å². The number of aliphatic hydroxyl groups is 1. The molecule has 0 aliphatic carbocycles. The maximum atomic E-state index is 9.34. The van der Waals surface area contributed by atoms with Crippen LogP contribution in [0.1, 0.15) is 12.8 Å². The molecule has 6 nitrogen and oxygen atoms in total. The molecule has 6 heteroatoms. The summed E-state index contributed by atoms with van der Waals surface area (Å²) in [5, 5.41) is 10.3. The maximum absolute atomic E-state index is 9.34. The van der Waals surface area contributed by atoms with Crippen LogP contribution in [0.5, 0.6) is 11.5 Å². The van der Waals surface area contributed by atoms with Gasteiger partial charge in [0, 0.05) is 30.2 Å². The fourth-order valence-electron chi connectivity index (χ4n) is 2.93. The van der Waals surface area contributed by atoms with Gasteiger partial charge in [0.2, 0.25) is 0 Å². The molecular formula is C16H21N3O3. The normalized spacial score (nSPS) is 18.7. The van der Waals surface area contributed by atoms with Crippen LogP contribution in [0.3, 0.4) is 0 Å². The molecule has 0 amide bonds.